The summed E-state index contributed by atoms with van der Waals surface area (Å²) in [4.78, 5) is 0. The van der Waals surface area contributed by atoms with Crippen LogP contribution in [0.25, 0.3) is 11.0 Å². The Kier molecular flexibility index (Phi) is 1.50. The number of rotatable bonds is 2. The van der Waals surface area contributed by atoms with E-state index in [1.54, 1.807) is 0 Å². The zero-order chi connectivity index (χ0) is 9.60. The summed E-state index contributed by atoms with van der Waals surface area (Å²) in [6, 6.07) is 8.17. The van der Waals surface area contributed by atoms with Crippen LogP contribution in [0.3, 0.4) is 0 Å². The van der Waals surface area contributed by atoms with E-state index in [0.717, 1.165) is 12.1 Å². The average Bonchev–Trinajstić information content (AvgIpc) is 2.91. The third kappa shape index (κ3) is 0.946. The van der Waals surface area contributed by atoms with E-state index in [0.29, 0.717) is 0 Å². The number of hydrogen-bond acceptors (Lipinski definition) is 2. The first-order chi connectivity index (χ1) is 6.86. The SMILES string of the molecule is NCC1(c2coc3ccccc23)CC1. The Morgan fingerprint density at radius 3 is 2.79 bits per heavy atom. The van der Waals surface area contributed by atoms with E-state index in [-0.39, 0.29) is 5.41 Å². The molecule has 0 saturated heterocycles. The molecular weight excluding hydrogens is 174 g/mol. The Labute approximate surface area is 82.7 Å². The van der Waals surface area contributed by atoms with E-state index in [1.165, 1.54) is 23.8 Å². The lowest BCUT2D eigenvalue weighted by Crippen LogP contribution is -2.19. The fourth-order valence-electron chi connectivity index (χ4n) is 2.12. The fraction of sp³-hybridized carbons (Fsp3) is 0.333. The summed E-state index contributed by atoms with van der Waals surface area (Å²) in [6.07, 6.45) is 4.28. The Hall–Kier alpha value is -1.28. The fourth-order valence-corrected chi connectivity index (χ4v) is 2.12. The predicted molar refractivity (Wildman–Crippen MR) is 56.2 cm³/mol. The standard InChI is InChI=1S/C12H13NO/c13-8-12(5-6-12)10-7-14-11-4-2-1-3-9(10)11/h1-4,7H,5-6,8,13H2. The van der Waals surface area contributed by atoms with E-state index >= 15 is 0 Å². The van der Waals surface area contributed by atoms with E-state index < -0.39 is 0 Å². The molecule has 1 aliphatic rings. The Morgan fingerprint density at radius 1 is 1.29 bits per heavy atom. The van der Waals surface area contributed by atoms with Crippen molar-refractivity contribution in [2.45, 2.75) is 18.3 Å². The molecule has 3 rings (SSSR count). The van der Waals surface area contributed by atoms with Crippen LogP contribution < -0.4 is 5.73 Å². The van der Waals surface area contributed by atoms with Crippen LogP contribution in [0.4, 0.5) is 0 Å². The Balaban J connectivity index is 2.22. The average molecular weight is 187 g/mol. The highest BCUT2D eigenvalue weighted by Gasteiger charge is 2.44. The summed E-state index contributed by atoms with van der Waals surface area (Å²) in [5, 5.41) is 1.23. The molecule has 14 heavy (non-hydrogen) atoms. The van der Waals surface area contributed by atoms with Crippen LogP contribution in [0.5, 0.6) is 0 Å². The lowest BCUT2D eigenvalue weighted by molar-refractivity contribution is 0.596. The van der Waals surface area contributed by atoms with Crippen molar-refractivity contribution in [1.29, 1.82) is 0 Å². The molecule has 0 atom stereocenters. The van der Waals surface area contributed by atoms with Crippen LogP contribution in [-0.4, -0.2) is 6.54 Å². The number of hydrogen-bond donors (Lipinski definition) is 1. The molecule has 0 radical (unpaired) electrons. The van der Waals surface area contributed by atoms with Crippen molar-refractivity contribution in [3.63, 3.8) is 0 Å². The monoisotopic (exact) mass is 187 g/mol. The minimum absolute atomic E-state index is 0.229. The van der Waals surface area contributed by atoms with Gasteiger partial charge in [-0.2, -0.15) is 0 Å². The van der Waals surface area contributed by atoms with Crippen LogP contribution in [0.2, 0.25) is 0 Å². The maximum absolute atomic E-state index is 5.81. The zero-order valence-corrected chi connectivity index (χ0v) is 7.99. The molecule has 2 N–H and O–H groups in total. The van der Waals surface area contributed by atoms with Gasteiger partial charge in [-0.25, -0.2) is 0 Å². The van der Waals surface area contributed by atoms with Gasteiger partial charge in [0.15, 0.2) is 0 Å². The second kappa shape index (κ2) is 2.61. The van der Waals surface area contributed by atoms with Gasteiger partial charge in [0.25, 0.3) is 0 Å². The highest BCUT2D eigenvalue weighted by atomic mass is 16.3. The second-order valence-electron chi connectivity index (χ2n) is 4.13. The number of furan rings is 1. The van der Waals surface area contributed by atoms with E-state index in [9.17, 15) is 0 Å². The van der Waals surface area contributed by atoms with Crippen molar-refractivity contribution in [3.05, 3.63) is 36.1 Å². The van der Waals surface area contributed by atoms with Crippen molar-refractivity contribution in [3.8, 4) is 0 Å². The molecule has 0 bridgehead atoms. The van der Waals surface area contributed by atoms with Crippen molar-refractivity contribution in [1.82, 2.24) is 0 Å². The van der Waals surface area contributed by atoms with Crippen LogP contribution in [-0.2, 0) is 5.41 Å². The number of nitrogens with two attached hydrogens (primary N) is 1. The lowest BCUT2D eigenvalue weighted by atomic mass is 9.96. The van der Waals surface area contributed by atoms with Gasteiger partial charge in [-0.1, -0.05) is 18.2 Å². The van der Waals surface area contributed by atoms with Gasteiger partial charge >= 0.3 is 0 Å². The first-order valence-corrected chi connectivity index (χ1v) is 5.02. The van der Waals surface area contributed by atoms with Crippen LogP contribution in [0.15, 0.2) is 34.9 Å². The molecule has 1 aromatic heterocycles. The summed E-state index contributed by atoms with van der Waals surface area (Å²) in [6.45, 7) is 0.733. The molecule has 0 aliphatic heterocycles. The summed E-state index contributed by atoms with van der Waals surface area (Å²) in [5.74, 6) is 0. The van der Waals surface area contributed by atoms with Crippen molar-refractivity contribution < 1.29 is 4.42 Å². The summed E-state index contributed by atoms with van der Waals surface area (Å²) in [5.41, 5.74) is 8.31. The number of benzene rings is 1. The maximum Gasteiger partial charge on any atom is 0.134 e. The summed E-state index contributed by atoms with van der Waals surface area (Å²) in [7, 11) is 0. The number of fused-ring (bicyclic) bond motifs is 1. The van der Waals surface area contributed by atoms with Gasteiger partial charge in [-0.3, -0.25) is 0 Å². The molecule has 2 aromatic rings. The molecule has 1 heterocycles. The molecule has 1 aliphatic carbocycles. The lowest BCUT2D eigenvalue weighted by Gasteiger charge is -2.09. The molecule has 2 nitrogen and oxygen atoms in total. The van der Waals surface area contributed by atoms with Crippen molar-refractivity contribution >= 4 is 11.0 Å². The van der Waals surface area contributed by atoms with Crippen LogP contribution >= 0.6 is 0 Å². The third-order valence-electron chi connectivity index (χ3n) is 3.30. The summed E-state index contributed by atoms with van der Waals surface area (Å²) < 4.78 is 5.52. The van der Waals surface area contributed by atoms with Crippen molar-refractivity contribution in [2.75, 3.05) is 6.54 Å². The summed E-state index contributed by atoms with van der Waals surface area (Å²) >= 11 is 0. The zero-order valence-electron chi connectivity index (χ0n) is 7.99. The van der Waals surface area contributed by atoms with Crippen LogP contribution in [0.1, 0.15) is 18.4 Å². The Morgan fingerprint density at radius 2 is 2.07 bits per heavy atom. The van der Waals surface area contributed by atoms with Crippen molar-refractivity contribution in [2.24, 2.45) is 5.73 Å². The quantitative estimate of drug-likeness (QED) is 0.784. The molecule has 72 valence electrons. The minimum Gasteiger partial charge on any atom is -0.464 e. The van der Waals surface area contributed by atoms with E-state index in [4.69, 9.17) is 10.2 Å². The largest absolute Gasteiger partial charge is 0.464 e. The topological polar surface area (TPSA) is 39.2 Å². The third-order valence-corrected chi connectivity index (χ3v) is 3.30. The van der Waals surface area contributed by atoms with Gasteiger partial charge in [-0.15, -0.1) is 0 Å². The second-order valence-corrected chi connectivity index (χ2v) is 4.13. The van der Waals surface area contributed by atoms with Gasteiger partial charge < -0.3 is 10.2 Å². The minimum atomic E-state index is 0.229. The molecule has 1 fully saturated rings. The Bertz CT molecular complexity index is 468. The molecule has 1 aromatic carbocycles. The molecule has 0 spiro atoms. The smallest absolute Gasteiger partial charge is 0.134 e. The van der Waals surface area contributed by atoms with Gasteiger partial charge in [0, 0.05) is 22.9 Å². The molecule has 1 saturated carbocycles. The highest BCUT2D eigenvalue weighted by molar-refractivity contribution is 5.82. The predicted octanol–water partition coefficient (Wildman–Crippen LogP) is 2.42. The van der Waals surface area contributed by atoms with Crippen LogP contribution in [0, 0.1) is 0 Å². The molecule has 0 amide bonds. The van der Waals surface area contributed by atoms with Gasteiger partial charge in [0.1, 0.15) is 5.58 Å². The normalized spacial score (nSPS) is 18.6. The van der Waals surface area contributed by atoms with Gasteiger partial charge in [-0.05, 0) is 18.9 Å². The first-order valence-electron chi connectivity index (χ1n) is 5.02. The highest BCUT2D eigenvalue weighted by Crippen LogP contribution is 2.49. The molecule has 2 heteroatoms. The molecular formula is C12H13NO. The number of para-hydroxylation sites is 1. The van der Waals surface area contributed by atoms with Gasteiger partial charge in [0.05, 0.1) is 6.26 Å². The van der Waals surface area contributed by atoms with Gasteiger partial charge in [0.2, 0.25) is 0 Å². The first kappa shape index (κ1) is 8.06. The maximum atomic E-state index is 5.81. The van der Waals surface area contributed by atoms with E-state index in [2.05, 4.69) is 6.07 Å². The van der Waals surface area contributed by atoms with E-state index in [1.807, 2.05) is 24.5 Å². The molecule has 0 unspecified atom stereocenters.